The maximum Gasteiger partial charge on any atom is 0.225 e. The van der Waals surface area contributed by atoms with Crippen molar-refractivity contribution in [3.63, 3.8) is 0 Å². The lowest BCUT2D eigenvalue weighted by molar-refractivity contribution is -0.150. The number of likely N-dealkylation sites (tertiary alicyclic amines) is 1. The molecule has 0 aromatic carbocycles. The first-order valence-corrected chi connectivity index (χ1v) is 11.5. The predicted octanol–water partition coefficient (Wildman–Crippen LogP) is 2.59. The van der Waals surface area contributed by atoms with E-state index in [1.165, 1.54) is 0 Å². The van der Waals surface area contributed by atoms with Gasteiger partial charge in [-0.05, 0) is 61.7 Å². The standard InChI is InChI=1S/C23H40N2O4/c1-15(22(28)25-12-5-6-13-25)17-7-10-23(3)11-8-18(16(2)20(23)21(17)27)24-19(26)9-14-29-4/h15-18,20-21,27H,5-14H2,1-4H3,(H,24,26)/t15-,16+,17?,18-,20+,21-,23-/m0/s1. The highest BCUT2D eigenvalue weighted by Crippen LogP contribution is 2.55. The summed E-state index contributed by atoms with van der Waals surface area (Å²) in [6.45, 7) is 8.62. The van der Waals surface area contributed by atoms with Gasteiger partial charge in [0.25, 0.3) is 0 Å². The van der Waals surface area contributed by atoms with Gasteiger partial charge in [-0.2, -0.15) is 0 Å². The van der Waals surface area contributed by atoms with Gasteiger partial charge in [0.05, 0.1) is 12.7 Å². The molecule has 0 spiro atoms. The Bertz CT molecular complexity index is 591. The Balaban J connectivity index is 1.69. The van der Waals surface area contributed by atoms with Crippen LogP contribution in [-0.4, -0.2) is 60.8 Å². The van der Waals surface area contributed by atoms with E-state index >= 15 is 0 Å². The average Bonchev–Trinajstić information content (AvgIpc) is 3.22. The van der Waals surface area contributed by atoms with Crippen LogP contribution < -0.4 is 5.32 Å². The number of ether oxygens (including phenoxy) is 1. The summed E-state index contributed by atoms with van der Waals surface area (Å²) in [7, 11) is 1.60. The Hall–Kier alpha value is -1.14. The molecule has 0 aromatic rings. The maximum atomic E-state index is 13.0. The van der Waals surface area contributed by atoms with Gasteiger partial charge in [0, 0.05) is 38.6 Å². The van der Waals surface area contributed by atoms with Crippen molar-refractivity contribution in [3.05, 3.63) is 0 Å². The number of hydrogen-bond acceptors (Lipinski definition) is 4. The summed E-state index contributed by atoms with van der Waals surface area (Å²) in [5.41, 5.74) is 0.0828. The Morgan fingerprint density at radius 2 is 1.90 bits per heavy atom. The summed E-state index contributed by atoms with van der Waals surface area (Å²) in [6.07, 6.45) is 5.97. The normalized spacial score (nSPS) is 38.4. The van der Waals surface area contributed by atoms with E-state index in [9.17, 15) is 14.7 Å². The van der Waals surface area contributed by atoms with Gasteiger partial charge in [-0.25, -0.2) is 0 Å². The fourth-order valence-corrected chi connectivity index (χ4v) is 6.38. The van der Waals surface area contributed by atoms with Gasteiger partial charge < -0.3 is 20.1 Å². The zero-order chi connectivity index (χ0) is 21.2. The molecular formula is C23H40N2O4. The minimum atomic E-state index is -0.496. The first-order valence-electron chi connectivity index (χ1n) is 11.5. The van der Waals surface area contributed by atoms with Crippen LogP contribution >= 0.6 is 0 Å². The molecule has 0 aromatic heterocycles. The van der Waals surface area contributed by atoms with Crippen LogP contribution in [0.25, 0.3) is 0 Å². The molecule has 7 atom stereocenters. The molecule has 29 heavy (non-hydrogen) atoms. The second kappa shape index (κ2) is 9.34. The smallest absolute Gasteiger partial charge is 0.225 e. The van der Waals surface area contributed by atoms with Gasteiger partial charge in [0.1, 0.15) is 0 Å². The number of aliphatic hydroxyl groups excluding tert-OH is 1. The molecule has 2 N–H and O–H groups in total. The molecule has 2 aliphatic carbocycles. The largest absolute Gasteiger partial charge is 0.392 e. The number of rotatable bonds is 6. The van der Waals surface area contributed by atoms with Crippen molar-refractivity contribution in [3.8, 4) is 0 Å². The van der Waals surface area contributed by atoms with E-state index < -0.39 is 6.10 Å². The van der Waals surface area contributed by atoms with Crippen molar-refractivity contribution in [2.45, 2.75) is 77.9 Å². The van der Waals surface area contributed by atoms with Crippen LogP contribution in [0, 0.1) is 29.1 Å². The Morgan fingerprint density at radius 3 is 2.55 bits per heavy atom. The first-order chi connectivity index (χ1) is 13.8. The molecule has 0 bridgehead atoms. The molecule has 1 saturated heterocycles. The molecule has 6 nitrogen and oxygen atoms in total. The number of carbonyl (C=O) groups excluding carboxylic acids is 2. The number of nitrogens with zero attached hydrogens (tertiary/aromatic N) is 1. The number of methoxy groups -OCH3 is 1. The van der Waals surface area contributed by atoms with Gasteiger partial charge in [-0.15, -0.1) is 0 Å². The molecule has 3 aliphatic rings. The number of nitrogens with one attached hydrogen (secondary N) is 1. The van der Waals surface area contributed by atoms with Crippen LogP contribution in [0.5, 0.6) is 0 Å². The van der Waals surface area contributed by atoms with Gasteiger partial charge in [0.15, 0.2) is 0 Å². The summed E-state index contributed by atoms with van der Waals surface area (Å²) < 4.78 is 5.02. The van der Waals surface area contributed by atoms with E-state index in [1.807, 2.05) is 11.8 Å². The van der Waals surface area contributed by atoms with Gasteiger partial charge in [0.2, 0.25) is 11.8 Å². The number of fused-ring (bicyclic) bond motifs is 1. The highest BCUT2D eigenvalue weighted by molar-refractivity contribution is 5.79. The van der Waals surface area contributed by atoms with Crippen LogP contribution in [0.4, 0.5) is 0 Å². The highest BCUT2D eigenvalue weighted by atomic mass is 16.5. The number of carbonyl (C=O) groups is 2. The van der Waals surface area contributed by atoms with Gasteiger partial charge in [-0.1, -0.05) is 20.8 Å². The molecule has 1 heterocycles. The highest BCUT2D eigenvalue weighted by Gasteiger charge is 2.54. The monoisotopic (exact) mass is 408 g/mol. The zero-order valence-electron chi connectivity index (χ0n) is 18.7. The van der Waals surface area contributed by atoms with E-state index in [0.29, 0.717) is 13.0 Å². The van der Waals surface area contributed by atoms with E-state index in [1.54, 1.807) is 7.11 Å². The van der Waals surface area contributed by atoms with Gasteiger partial charge >= 0.3 is 0 Å². The van der Waals surface area contributed by atoms with E-state index in [4.69, 9.17) is 4.74 Å². The van der Waals surface area contributed by atoms with E-state index in [2.05, 4.69) is 19.2 Å². The van der Waals surface area contributed by atoms with E-state index in [-0.39, 0.29) is 46.9 Å². The van der Waals surface area contributed by atoms with Crippen LogP contribution in [0.1, 0.15) is 65.7 Å². The third-order valence-electron chi connectivity index (χ3n) is 8.22. The second-order valence-corrected chi connectivity index (χ2v) is 10.0. The lowest BCUT2D eigenvalue weighted by atomic mass is 9.51. The fourth-order valence-electron chi connectivity index (χ4n) is 6.38. The quantitative estimate of drug-likeness (QED) is 0.708. The van der Waals surface area contributed by atoms with Gasteiger partial charge in [-0.3, -0.25) is 9.59 Å². The minimum Gasteiger partial charge on any atom is -0.392 e. The Labute approximate surface area is 175 Å². The van der Waals surface area contributed by atoms with Crippen molar-refractivity contribution in [1.29, 1.82) is 0 Å². The van der Waals surface area contributed by atoms with Crippen molar-refractivity contribution in [2.24, 2.45) is 29.1 Å². The van der Waals surface area contributed by atoms with Crippen LogP contribution in [-0.2, 0) is 14.3 Å². The Morgan fingerprint density at radius 1 is 1.24 bits per heavy atom. The second-order valence-electron chi connectivity index (χ2n) is 10.0. The topological polar surface area (TPSA) is 78.9 Å². The van der Waals surface area contributed by atoms with Crippen molar-refractivity contribution in [1.82, 2.24) is 10.2 Å². The molecule has 1 unspecified atom stereocenters. The summed E-state index contributed by atoms with van der Waals surface area (Å²) in [6, 6.07) is 0.0791. The summed E-state index contributed by atoms with van der Waals surface area (Å²) in [5, 5.41) is 14.6. The molecule has 3 rings (SSSR count). The summed E-state index contributed by atoms with van der Waals surface area (Å²) in [5.74, 6) is 0.390. The molecule has 3 fully saturated rings. The molecule has 166 valence electrons. The third kappa shape index (κ3) is 4.63. The van der Waals surface area contributed by atoms with Crippen molar-refractivity contribution in [2.75, 3.05) is 26.8 Å². The lowest BCUT2D eigenvalue weighted by Gasteiger charge is -2.56. The van der Waals surface area contributed by atoms with Crippen LogP contribution in [0.3, 0.4) is 0 Å². The molecule has 1 aliphatic heterocycles. The van der Waals surface area contributed by atoms with Crippen LogP contribution in [0.15, 0.2) is 0 Å². The van der Waals surface area contributed by atoms with Crippen molar-refractivity contribution < 1.29 is 19.4 Å². The minimum absolute atomic E-state index is 0.00608. The predicted molar refractivity (Wildman–Crippen MR) is 112 cm³/mol. The first kappa shape index (κ1) is 22.5. The zero-order valence-corrected chi connectivity index (χ0v) is 18.7. The Kier molecular flexibility index (Phi) is 7.26. The average molecular weight is 409 g/mol. The SMILES string of the molecule is COCCC(=O)N[C@H]1CC[C@]2(C)CCC([C@H](C)C(=O)N3CCCC3)[C@H](O)[C@H]2[C@@H]1C. The van der Waals surface area contributed by atoms with Crippen LogP contribution in [0.2, 0.25) is 0 Å². The number of amides is 2. The summed E-state index contributed by atoms with van der Waals surface area (Å²) >= 11 is 0. The number of aliphatic hydroxyl groups is 1. The maximum absolute atomic E-state index is 13.0. The molecule has 2 amide bonds. The molecule has 6 heteroatoms. The van der Waals surface area contributed by atoms with E-state index in [0.717, 1.165) is 51.6 Å². The molecular weight excluding hydrogens is 368 g/mol. The third-order valence-corrected chi connectivity index (χ3v) is 8.22. The van der Waals surface area contributed by atoms with Crippen molar-refractivity contribution >= 4 is 11.8 Å². The molecule has 0 radical (unpaired) electrons. The lowest BCUT2D eigenvalue weighted by Crippen LogP contribution is -2.58. The fraction of sp³-hybridized carbons (Fsp3) is 0.913. The summed E-state index contributed by atoms with van der Waals surface area (Å²) in [4.78, 5) is 27.2. The number of hydrogen-bond donors (Lipinski definition) is 2. The molecule has 2 saturated carbocycles.